The summed E-state index contributed by atoms with van der Waals surface area (Å²) in [6, 6.07) is 6.95. The van der Waals surface area contributed by atoms with Crippen LogP contribution in [-0.4, -0.2) is 59.8 Å². The highest BCUT2D eigenvalue weighted by molar-refractivity contribution is 5.96. The second-order valence-electron chi connectivity index (χ2n) is 7.86. The van der Waals surface area contributed by atoms with Crippen molar-refractivity contribution in [2.24, 2.45) is 11.7 Å². The summed E-state index contributed by atoms with van der Waals surface area (Å²) in [6.07, 6.45) is -2.03. The molecule has 0 heterocycles. The molecule has 1 aromatic carbocycles. The average molecular weight is 449 g/mol. The van der Waals surface area contributed by atoms with Gasteiger partial charge >= 0.3 is 6.09 Å². The molecule has 0 spiro atoms. The summed E-state index contributed by atoms with van der Waals surface area (Å²) >= 11 is 0. The quantitative estimate of drug-likeness (QED) is 0.285. The number of primary amides is 1. The number of para-hydroxylation sites is 1. The van der Waals surface area contributed by atoms with E-state index in [-0.39, 0.29) is 24.5 Å². The zero-order chi connectivity index (χ0) is 23.8. The summed E-state index contributed by atoms with van der Waals surface area (Å²) < 4.78 is 5.35. The number of carbonyl (C=O) groups excluding carboxylic acids is 4. The van der Waals surface area contributed by atoms with Crippen molar-refractivity contribution in [3.05, 3.63) is 42.0 Å². The molecule has 0 fully saturated rings. The van der Waals surface area contributed by atoms with E-state index < -0.39 is 48.1 Å². The SMILES string of the molecule is CC(C)[C@@H]([NH3+])C(=O)N[C@@H]1C=C(C(=O)NCC(N)=O)C[C@@H](OC(=O)Nc2ccccc2)[C@@H]1O. The second kappa shape index (κ2) is 11.3. The predicted octanol–water partition coefficient (Wildman–Crippen LogP) is -1.35. The Kier molecular flexibility index (Phi) is 8.73. The Bertz CT molecular complexity index is 873. The monoisotopic (exact) mass is 448 g/mol. The number of ether oxygens (including phenoxy) is 1. The van der Waals surface area contributed by atoms with Crippen LogP contribution in [-0.2, 0) is 19.1 Å². The van der Waals surface area contributed by atoms with Crippen LogP contribution in [0.1, 0.15) is 20.3 Å². The van der Waals surface area contributed by atoms with Crippen LogP contribution < -0.4 is 27.4 Å². The lowest BCUT2D eigenvalue weighted by molar-refractivity contribution is -0.414. The molecule has 0 saturated carbocycles. The van der Waals surface area contributed by atoms with Crippen LogP contribution >= 0.6 is 0 Å². The number of benzene rings is 1. The molecule has 11 nitrogen and oxygen atoms in total. The van der Waals surface area contributed by atoms with Gasteiger partial charge in [0.1, 0.15) is 12.2 Å². The van der Waals surface area contributed by atoms with Crippen molar-refractivity contribution in [3.8, 4) is 0 Å². The number of aliphatic hydroxyl groups excluding tert-OH is 1. The number of hydrogen-bond acceptors (Lipinski definition) is 6. The van der Waals surface area contributed by atoms with Crippen molar-refractivity contribution in [1.82, 2.24) is 10.6 Å². The number of carbonyl (C=O) groups is 4. The van der Waals surface area contributed by atoms with Crippen LogP contribution in [0.25, 0.3) is 0 Å². The smallest absolute Gasteiger partial charge is 0.411 e. The first-order valence-electron chi connectivity index (χ1n) is 10.2. The van der Waals surface area contributed by atoms with E-state index in [1.54, 1.807) is 30.3 Å². The molecule has 174 valence electrons. The van der Waals surface area contributed by atoms with Crippen LogP contribution in [0.4, 0.5) is 10.5 Å². The highest BCUT2D eigenvalue weighted by Gasteiger charge is 2.38. The number of amides is 4. The van der Waals surface area contributed by atoms with Crippen molar-refractivity contribution in [2.45, 2.75) is 44.6 Å². The minimum absolute atomic E-state index is 0.0539. The maximum atomic E-state index is 12.5. The molecule has 0 radical (unpaired) electrons. The number of hydrogen-bond donors (Lipinski definition) is 6. The topological polar surface area (TPSA) is 187 Å². The maximum Gasteiger partial charge on any atom is 0.411 e. The standard InChI is InChI=1S/C21H29N5O6/c1-11(2)17(23)20(30)26-14-8-12(19(29)24-10-16(22)27)9-15(18(14)28)32-21(31)25-13-6-4-3-5-7-13/h3-8,11,14-15,17-18,28H,9-10,23H2,1-2H3,(H2,22,27)(H,24,29)(H,25,31)(H,26,30)/p+1/t14-,15-,17-,18-/m1/s1. The highest BCUT2D eigenvalue weighted by atomic mass is 16.6. The first-order valence-corrected chi connectivity index (χ1v) is 10.2. The van der Waals surface area contributed by atoms with Gasteiger partial charge in [-0.2, -0.15) is 0 Å². The molecule has 32 heavy (non-hydrogen) atoms. The third kappa shape index (κ3) is 7.06. The number of nitrogens with two attached hydrogens (primary N) is 1. The summed E-state index contributed by atoms with van der Waals surface area (Å²) in [6.45, 7) is 3.27. The van der Waals surface area contributed by atoms with E-state index in [0.29, 0.717) is 5.69 Å². The zero-order valence-corrected chi connectivity index (χ0v) is 18.0. The maximum absolute atomic E-state index is 12.5. The molecule has 4 amide bonds. The molecule has 1 aliphatic rings. The van der Waals surface area contributed by atoms with Crippen LogP contribution in [0.15, 0.2) is 42.0 Å². The Labute approximate surface area is 185 Å². The van der Waals surface area contributed by atoms with Gasteiger partial charge in [-0.05, 0) is 12.1 Å². The van der Waals surface area contributed by atoms with Gasteiger partial charge in [0.15, 0.2) is 6.04 Å². The van der Waals surface area contributed by atoms with Gasteiger partial charge in [0.05, 0.1) is 12.6 Å². The molecule has 0 bridgehead atoms. The van der Waals surface area contributed by atoms with Crippen LogP contribution in [0, 0.1) is 5.92 Å². The van der Waals surface area contributed by atoms with Gasteiger partial charge in [0.2, 0.25) is 11.8 Å². The molecular weight excluding hydrogens is 418 g/mol. The molecule has 0 aromatic heterocycles. The van der Waals surface area contributed by atoms with E-state index in [2.05, 4.69) is 21.7 Å². The predicted molar refractivity (Wildman–Crippen MR) is 115 cm³/mol. The number of anilines is 1. The molecule has 0 aliphatic heterocycles. The molecule has 1 aliphatic carbocycles. The Hall–Kier alpha value is -3.44. The number of nitrogens with one attached hydrogen (secondary N) is 3. The van der Waals surface area contributed by atoms with E-state index in [1.165, 1.54) is 6.08 Å². The second-order valence-corrected chi connectivity index (χ2v) is 7.86. The summed E-state index contributed by atoms with van der Waals surface area (Å²) in [5.41, 5.74) is 9.48. The van der Waals surface area contributed by atoms with Gasteiger partial charge in [0.25, 0.3) is 5.91 Å². The minimum atomic E-state index is -1.31. The van der Waals surface area contributed by atoms with Gasteiger partial charge in [-0.3, -0.25) is 19.7 Å². The third-order valence-electron chi connectivity index (χ3n) is 4.99. The van der Waals surface area contributed by atoms with Gasteiger partial charge in [-0.15, -0.1) is 0 Å². The van der Waals surface area contributed by atoms with Gasteiger partial charge in [-0.1, -0.05) is 38.1 Å². The molecule has 1 aromatic rings. The largest absolute Gasteiger partial charge is 0.443 e. The Morgan fingerprint density at radius 3 is 2.47 bits per heavy atom. The molecule has 11 heteroatoms. The average Bonchev–Trinajstić information content (AvgIpc) is 2.74. The molecule has 9 N–H and O–H groups in total. The molecule has 0 unspecified atom stereocenters. The van der Waals surface area contributed by atoms with E-state index in [1.807, 2.05) is 13.8 Å². The van der Waals surface area contributed by atoms with E-state index in [4.69, 9.17) is 10.5 Å². The van der Waals surface area contributed by atoms with Crippen molar-refractivity contribution in [2.75, 3.05) is 11.9 Å². The van der Waals surface area contributed by atoms with Crippen LogP contribution in [0.2, 0.25) is 0 Å². The Balaban J connectivity index is 2.17. The fourth-order valence-corrected chi connectivity index (χ4v) is 3.02. The van der Waals surface area contributed by atoms with Gasteiger partial charge < -0.3 is 31.9 Å². The molecular formula is C21H30N5O6+. The Morgan fingerprint density at radius 2 is 1.88 bits per heavy atom. The van der Waals surface area contributed by atoms with Gasteiger partial charge in [-0.25, -0.2) is 4.79 Å². The van der Waals surface area contributed by atoms with Crippen molar-refractivity contribution < 1.29 is 34.8 Å². The third-order valence-corrected chi connectivity index (χ3v) is 4.99. The molecule has 0 saturated heterocycles. The summed E-state index contributed by atoms with van der Waals surface area (Å²) in [5, 5.41) is 18.3. The van der Waals surface area contributed by atoms with Crippen molar-refractivity contribution >= 4 is 29.5 Å². The van der Waals surface area contributed by atoms with Crippen LogP contribution in [0.5, 0.6) is 0 Å². The van der Waals surface area contributed by atoms with E-state index in [9.17, 15) is 24.3 Å². The fraction of sp³-hybridized carbons (Fsp3) is 0.429. The van der Waals surface area contributed by atoms with Gasteiger partial charge in [0, 0.05) is 23.6 Å². The lowest BCUT2D eigenvalue weighted by Gasteiger charge is -2.33. The van der Waals surface area contributed by atoms with Crippen LogP contribution in [0.3, 0.4) is 0 Å². The lowest BCUT2D eigenvalue weighted by Crippen LogP contribution is -2.71. The van der Waals surface area contributed by atoms with E-state index >= 15 is 0 Å². The highest BCUT2D eigenvalue weighted by Crippen LogP contribution is 2.23. The first kappa shape index (κ1) is 24.8. The van der Waals surface area contributed by atoms with E-state index in [0.717, 1.165) is 0 Å². The number of aliphatic hydroxyl groups is 1. The summed E-state index contributed by atoms with van der Waals surface area (Å²) in [4.78, 5) is 48.2. The minimum Gasteiger partial charge on any atom is -0.443 e. The first-order chi connectivity index (χ1) is 15.1. The van der Waals surface area contributed by atoms with Crippen molar-refractivity contribution in [1.29, 1.82) is 0 Å². The summed E-state index contributed by atoms with van der Waals surface area (Å²) in [7, 11) is 0. The lowest BCUT2D eigenvalue weighted by atomic mass is 9.89. The fourth-order valence-electron chi connectivity index (χ4n) is 3.02. The number of quaternary nitrogens is 1. The normalized spacial score (nSPS) is 21.2. The summed E-state index contributed by atoms with van der Waals surface area (Å²) in [5.74, 6) is -1.83. The van der Waals surface area contributed by atoms with Crippen molar-refractivity contribution in [3.63, 3.8) is 0 Å². The number of rotatable bonds is 8. The molecule has 2 rings (SSSR count). The zero-order valence-electron chi connectivity index (χ0n) is 18.0. The molecule has 4 atom stereocenters. The Morgan fingerprint density at radius 1 is 1.22 bits per heavy atom.